The summed E-state index contributed by atoms with van der Waals surface area (Å²) < 4.78 is 0. The number of nitrogens with two attached hydrogens (primary N) is 1. The van der Waals surface area contributed by atoms with Crippen molar-refractivity contribution in [3.63, 3.8) is 0 Å². The quantitative estimate of drug-likeness (QED) is 0.725. The van der Waals surface area contributed by atoms with Crippen LogP contribution in [0.25, 0.3) is 0 Å². The van der Waals surface area contributed by atoms with E-state index in [4.69, 9.17) is 18.0 Å². The summed E-state index contributed by atoms with van der Waals surface area (Å²) in [6.45, 7) is 3.44. The Morgan fingerprint density at radius 3 is 2.56 bits per heavy atom. The maximum absolute atomic E-state index is 12.0. The van der Waals surface area contributed by atoms with E-state index in [0.29, 0.717) is 30.3 Å². The van der Waals surface area contributed by atoms with Gasteiger partial charge in [0.05, 0.1) is 4.99 Å². The summed E-state index contributed by atoms with van der Waals surface area (Å²) in [5.41, 5.74) is 5.45. The Kier molecular flexibility index (Phi) is 5.74. The van der Waals surface area contributed by atoms with Crippen LogP contribution >= 0.6 is 12.2 Å². The van der Waals surface area contributed by atoms with Crippen molar-refractivity contribution < 1.29 is 4.79 Å². The van der Waals surface area contributed by atoms with E-state index in [9.17, 15) is 4.79 Å². The van der Waals surface area contributed by atoms with E-state index in [1.54, 1.807) is 0 Å². The van der Waals surface area contributed by atoms with Crippen LogP contribution in [0.5, 0.6) is 0 Å². The van der Waals surface area contributed by atoms with Gasteiger partial charge in [0.1, 0.15) is 0 Å². The lowest BCUT2D eigenvalue weighted by atomic mass is 10.0. The van der Waals surface area contributed by atoms with E-state index < -0.39 is 0 Å². The monoisotopic (exact) mass is 242 g/mol. The number of hydrogen-bond acceptors (Lipinski definition) is 2. The molecule has 0 bridgehead atoms. The van der Waals surface area contributed by atoms with Crippen LogP contribution in [0.4, 0.5) is 0 Å². The Bertz CT molecular complexity index is 249. The molecule has 1 fully saturated rings. The van der Waals surface area contributed by atoms with Crippen molar-refractivity contribution in [2.24, 2.45) is 11.7 Å². The van der Waals surface area contributed by atoms with Gasteiger partial charge in [0.2, 0.25) is 5.91 Å². The molecule has 0 aliphatic heterocycles. The first-order chi connectivity index (χ1) is 7.63. The second kappa shape index (κ2) is 6.84. The third-order valence-corrected chi connectivity index (χ3v) is 3.50. The van der Waals surface area contributed by atoms with Gasteiger partial charge in [-0.1, -0.05) is 25.1 Å². The molecule has 3 nitrogen and oxygen atoms in total. The molecule has 4 heteroatoms. The minimum absolute atomic E-state index is 0.269. The summed E-state index contributed by atoms with van der Waals surface area (Å²) in [6, 6.07) is 0. The first-order valence-electron chi connectivity index (χ1n) is 6.19. The zero-order chi connectivity index (χ0) is 12.0. The van der Waals surface area contributed by atoms with Gasteiger partial charge in [-0.3, -0.25) is 4.79 Å². The molecule has 0 heterocycles. The van der Waals surface area contributed by atoms with Crippen molar-refractivity contribution in [2.75, 3.05) is 13.1 Å². The fraction of sp³-hybridized carbons (Fsp3) is 0.833. The topological polar surface area (TPSA) is 46.3 Å². The Morgan fingerprint density at radius 1 is 1.44 bits per heavy atom. The van der Waals surface area contributed by atoms with Gasteiger partial charge in [-0.2, -0.15) is 0 Å². The molecule has 1 aliphatic carbocycles. The van der Waals surface area contributed by atoms with E-state index in [2.05, 4.69) is 0 Å². The van der Waals surface area contributed by atoms with Crippen LogP contribution in [-0.4, -0.2) is 28.9 Å². The van der Waals surface area contributed by atoms with Crippen LogP contribution in [-0.2, 0) is 4.79 Å². The number of rotatable bonds is 6. The normalized spacial score (nSPS) is 16.3. The van der Waals surface area contributed by atoms with Gasteiger partial charge in [0.15, 0.2) is 0 Å². The van der Waals surface area contributed by atoms with E-state index in [0.717, 1.165) is 6.54 Å². The molecule has 1 saturated carbocycles. The van der Waals surface area contributed by atoms with Gasteiger partial charge < -0.3 is 10.6 Å². The molecule has 0 aromatic heterocycles. The molecule has 0 aromatic carbocycles. The summed E-state index contributed by atoms with van der Waals surface area (Å²) >= 11 is 4.83. The van der Waals surface area contributed by atoms with E-state index in [1.165, 1.54) is 25.7 Å². The number of carbonyl (C=O) groups is 1. The first-order valence-corrected chi connectivity index (χ1v) is 6.60. The Labute approximate surface area is 103 Å². The minimum atomic E-state index is 0.269. The van der Waals surface area contributed by atoms with Gasteiger partial charge in [-0.15, -0.1) is 0 Å². The lowest BCUT2D eigenvalue weighted by molar-refractivity contribution is -0.131. The molecule has 16 heavy (non-hydrogen) atoms. The molecule has 2 N–H and O–H groups in total. The molecule has 0 atom stereocenters. The van der Waals surface area contributed by atoms with E-state index in [-0.39, 0.29) is 5.91 Å². The van der Waals surface area contributed by atoms with Crippen molar-refractivity contribution in [1.29, 1.82) is 0 Å². The van der Waals surface area contributed by atoms with Crippen LogP contribution in [0, 0.1) is 5.92 Å². The molecule has 0 unspecified atom stereocenters. The SMILES string of the molecule is CCN(CCC(N)=S)C(=O)CC1CCCC1. The molecule has 1 amide bonds. The van der Waals surface area contributed by atoms with E-state index >= 15 is 0 Å². The highest BCUT2D eigenvalue weighted by molar-refractivity contribution is 7.80. The average molecular weight is 242 g/mol. The van der Waals surface area contributed by atoms with Crippen molar-refractivity contribution >= 4 is 23.1 Å². The number of hydrogen-bond donors (Lipinski definition) is 1. The first kappa shape index (κ1) is 13.4. The van der Waals surface area contributed by atoms with Gasteiger partial charge in [0.25, 0.3) is 0 Å². The molecule has 0 aromatic rings. The fourth-order valence-electron chi connectivity index (χ4n) is 2.29. The predicted molar refractivity (Wildman–Crippen MR) is 70.2 cm³/mol. The Balaban J connectivity index is 2.32. The van der Waals surface area contributed by atoms with Crippen LogP contribution < -0.4 is 5.73 Å². The van der Waals surface area contributed by atoms with Crippen molar-refractivity contribution in [3.05, 3.63) is 0 Å². The molecule has 1 aliphatic rings. The second-order valence-electron chi connectivity index (χ2n) is 4.54. The highest BCUT2D eigenvalue weighted by atomic mass is 32.1. The molecular weight excluding hydrogens is 220 g/mol. The standard InChI is InChI=1S/C12H22N2OS/c1-2-14(8-7-11(13)16)12(15)9-10-5-3-4-6-10/h10H,2-9H2,1H3,(H2,13,16). The summed E-state index contributed by atoms with van der Waals surface area (Å²) in [4.78, 5) is 14.3. The van der Waals surface area contributed by atoms with Gasteiger partial charge >= 0.3 is 0 Å². The van der Waals surface area contributed by atoms with E-state index in [1.807, 2.05) is 11.8 Å². The lowest BCUT2D eigenvalue weighted by Gasteiger charge is -2.22. The number of nitrogens with zero attached hydrogens (tertiary/aromatic N) is 1. The van der Waals surface area contributed by atoms with Crippen LogP contribution in [0.3, 0.4) is 0 Å². The molecule has 0 radical (unpaired) electrons. The highest BCUT2D eigenvalue weighted by Crippen LogP contribution is 2.27. The third kappa shape index (κ3) is 4.47. The predicted octanol–water partition coefficient (Wildman–Crippen LogP) is 2.09. The molecule has 92 valence electrons. The summed E-state index contributed by atoms with van der Waals surface area (Å²) in [7, 11) is 0. The number of thiocarbonyl (C=S) groups is 1. The zero-order valence-corrected chi connectivity index (χ0v) is 10.9. The second-order valence-corrected chi connectivity index (χ2v) is 5.07. The minimum Gasteiger partial charge on any atom is -0.393 e. The van der Waals surface area contributed by atoms with Gasteiger partial charge in [0, 0.05) is 25.9 Å². The largest absolute Gasteiger partial charge is 0.393 e. The summed E-state index contributed by atoms with van der Waals surface area (Å²) in [6.07, 6.45) is 6.37. The molecule has 0 spiro atoms. The Morgan fingerprint density at radius 2 is 2.06 bits per heavy atom. The van der Waals surface area contributed by atoms with Crippen molar-refractivity contribution in [3.8, 4) is 0 Å². The zero-order valence-electron chi connectivity index (χ0n) is 10.1. The lowest BCUT2D eigenvalue weighted by Crippen LogP contribution is -2.34. The smallest absolute Gasteiger partial charge is 0.222 e. The summed E-state index contributed by atoms with van der Waals surface area (Å²) in [5, 5.41) is 0. The third-order valence-electron chi connectivity index (χ3n) is 3.30. The van der Waals surface area contributed by atoms with Crippen molar-refractivity contribution in [1.82, 2.24) is 4.90 Å². The molecular formula is C12H22N2OS. The molecule has 1 rings (SSSR count). The van der Waals surface area contributed by atoms with Crippen LogP contribution in [0.15, 0.2) is 0 Å². The molecule has 0 saturated heterocycles. The maximum Gasteiger partial charge on any atom is 0.222 e. The summed E-state index contributed by atoms with van der Waals surface area (Å²) in [5.74, 6) is 0.886. The number of carbonyl (C=O) groups excluding carboxylic acids is 1. The van der Waals surface area contributed by atoms with Crippen LogP contribution in [0.1, 0.15) is 45.4 Å². The average Bonchev–Trinajstić information content (AvgIpc) is 2.71. The Hall–Kier alpha value is -0.640. The number of amides is 1. The van der Waals surface area contributed by atoms with Crippen LogP contribution in [0.2, 0.25) is 0 Å². The van der Waals surface area contributed by atoms with Gasteiger partial charge in [-0.25, -0.2) is 0 Å². The maximum atomic E-state index is 12.0. The fourth-order valence-corrected chi connectivity index (χ4v) is 2.39. The highest BCUT2D eigenvalue weighted by Gasteiger charge is 2.21. The van der Waals surface area contributed by atoms with Gasteiger partial charge in [-0.05, 0) is 25.7 Å². The van der Waals surface area contributed by atoms with Crippen molar-refractivity contribution in [2.45, 2.75) is 45.4 Å².